The molecule has 0 spiro atoms. The van der Waals surface area contributed by atoms with Crippen LogP contribution >= 0.6 is 0 Å². The highest BCUT2D eigenvalue weighted by Crippen LogP contribution is 2.31. The molecule has 0 aliphatic carbocycles. The van der Waals surface area contributed by atoms with Crippen molar-refractivity contribution >= 4 is 22.5 Å². The molecule has 2 heterocycles. The highest BCUT2D eigenvalue weighted by atomic mass is 16.3. The Bertz CT molecular complexity index is 1120. The molecule has 1 unspecified atom stereocenters. The van der Waals surface area contributed by atoms with Gasteiger partial charge >= 0.3 is 0 Å². The van der Waals surface area contributed by atoms with E-state index in [4.69, 9.17) is 4.42 Å². The van der Waals surface area contributed by atoms with Crippen molar-refractivity contribution in [3.05, 3.63) is 89.5 Å². The number of nitrogens with one attached hydrogen (secondary N) is 2. The summed E-state index contributed by atoms with van der Waals surface area (Å²) in [6.07, 6.45) is 3.58. The lowest BCUT2D eigenvalue weighted by Gasteiger charge is -2.20. The molecule has 0 radical (unpaired) electrons. The van der Waals surface area contributed by atoms with E-state index in [9.17, 15) is 4.79 Å². The Balaban J connectivity index is 1.67. The Morgan fingerprint density at radius 1 is 1.10 bits per heavy atom. The minimum absolute atomic E-state index is 0.0154. The van der Waals surface area contributed by atoms with Gasteiger partial charge in [-0.3, -0.25) is 4.79 Å². The van der Waals surface area contributed by atoms with Gasteiger partial charge in [-0.05, 0) is 42.3 Å². The van der Waals surface area contributed by atoms with Crippen LogP contribution in [0, 0.1) is 6.92 Å². The van der Waals surface area contributed by atoms with Crippen molar-refractivity contribution in [3.8, 4) is 0 Å². The van der Waals surface area contributed by atoms with E-state index in [1.807, 2.05) is 39.3 Å². The lowest BCUT2D eigenvalue weighted by Crippen LogP contribution is -2.29. The van der Waals surface area contributed by atoms with Gasteiger partial charge in [-0.15, -0.1) is 0 Å². The number of furan rings is 1. The molecule has 0 fully saturated rings. The van der Waals surface area contributed by atoms with Gasteiger partial charge in [0.05, 0.1) is 6.26 Å². The first-order valence-electron chi connectivity index (χ1n) is 9.70. The second-order valence-corrected chi connectivity index (χ2v) is 7.47. The van der Waals surface area contributed by atoms with E-state index in [-0.39, 0.29) is 11.8 Å². The summed E-state index contributed by atoms with van der Waals surface area (Å²) >= 11 is 0. The number of fused-ring (bicyclic) bond motifs is 1. The van der Waals surface area contributed by atoms with E-state index in [0.717, 1.165) is 33.3 Å². The van der Waals surface area contributed by atoms with E-state index in [1.54, 1.807) is 12.3 Å². The predicted molar refractivity (Wildman–Crippen MR) is 117 cm³/mol. The Hall–Kier alpha value is -3.47. The molecule has 5 nitrogen and oxygen atoms in total. The van der Waals surface area contributed by atoms with E-state index >= 15 is 0 Å². The normalized spacial score (nSPS) is 12.1. The fourth-order valence-electron chi connectivity index (χ4n) is 3.67. The van der Waals surface area contributed by atoms with Crippen LogP contribution in [0.2, 0.25) is 0 Å². The zero-order valence-corrected chi connectivity index (χ0v) is 16.9. The van der Waals surface area contributed by atoms with Crippen molar-refractivity contribution < 1.29 is 9.21 Å². The smallest absolute Gasteiger partial charge is 0.287 e. The lowest BCUT2D eigenvalue weighted by atomic mass is 9.90. The minimum atomic E-state index is -0.192. The molecular weight excluding hydrogens is 362 g/mol. The molecule has 2 N–H and O–H groups in total. The summed E-state index contributed by atoms with van der Waals surface area (Å²) in [4.78, 5) is 18.0. The average molecular weight is 387 g/mol. The van der Waals surface area contributed by atoms with Crippen molar-refractivity contribution in [2.45, 2.75) is 12.8 Å². The highest BCUT2D eigenvalue weighted by Gasteiger charge is 2.21. The van der Waals surface area contributed by atoms with Crippen molar-refractivity contribution in [2.75, 3.05) is 25.5 Å². The molecule has 29 heavy (non-hydrogen) atoms. The third-order valence-corrected chi connectivity index (χ3v) is 5.34. The molecule has 0 saturated heterocycles. The van der Waals surface area contributed by atoms with Gasteiger partial charge in [0.25, 0.3) is 5.91 Å². The largest absolute Gasteiger partial charge is 0.459 e. The van der Waals surface area contributed by atoms with Crippen LogP contribution in [0.1, 0.15) is 33.2 Å². The monoisotopic (exact) mass is 387 g/mol. The zero-order chi connectivity index (χ0) is 20.4. The first kappa shape index (κ1) is 18.9. The number of H-pyrrole nitrogens is 1. The molecule has 0 aliphatic heterocycles. The number of hydrogen-bond acceptors (Lipinski definition) is 3. The van der Waals surface area contributed by atoms with Crippen LogP contribution in [0.5, 0.6) is 0 Å². The standard InChI is InChI=1S/C24H25N3O2/c1-16-12-13-29-23(16)24(28)26-14-20(17-8-10-18(11-9-17)27(2)3)21-15-25-22-7-5-4-6-19(21)22/h4-13,15,20,25H,14H2,1-3H3,(H,26,28). The van der Waals surface area contributed by atoms with E-state index < -0.39 is 0 Å². The van der Waals surface area contributed by atoms with Gasteiger partial charge < -0.3 is 19.6 Å². The maximum Gasteiger partial charge on any atom is 0.287 e. The fraction of sp³-hybridized carbons (Fsp3) is 0.208. The Labute approximate surface area is 170 Å². The van der Waals surface area contributed by atoms with Crippen molar-refractivity contribution in [1.82, 2.24) is 10.3 Å². The number of rotatable bonds is 6. The first-order valence-corrected chi connectivity index (χ1v) is 9.70. The molecule has 2 aromatic carbocycles. The molecule has 0 bridgehead atoms. The number of carbonyl (C=O) groups is 1. The summed E-state index contributed by atoms with van der Waals surface area (Å²) in [6, 6.07) is 18.5. The lowest BCUT2D eigenvalue weighted by molar-refractivity contribution is 0.0924. The number of amides is 1. The molecule has 148 valence electrons. The number of benzene rings is 2. The van der Waals surface area contributed by atoms with Crippen LogP contribution in [-0.4, -0.2) is 31.5 Å². The van der Waals surface area contributed by atoms with Crippen LogP contribution in [0.3, 0.4) is 0 Å². The molecule has 0 saturated carbocycles. The summed E-state index contributed by atoms with van der Waals surface area (Å²) < 4.78 is 5.34. The van der Waals surface area contributed by atoms with Gasteiger partial charge in [0.2, 0.25) is 0 Å². The quantitative estimate of drug-likeness (QED) is 0.504. The first-order chi connectivity index (χ1) is 14.0. The van der Waals surface area contributed by atoms with Crippen molar-refractivity contribution in [3.63, 3.8) is 0 Å². The molecule has 4 aromatic rings. The molecule has 4 rings (SSSR count). The summed E-state index contributed by atoms with van der Waals surface area (Å²) in [5, 5.41) is 4.22. The van der Waals surface area contributed by atoms with Gasteiger partial charge in [-0.1, -0.05) is 30.3 Å². The third-order valence-electron chi connectivity index (χ3n) is 5.34. The van der Waals surface area contributed by atoms with Crippen LogP contribution < -0.4 is 10.2 Å². The van der Waals surface area contributed by atoms with Crippen LogP contribution in [0.25, 0.3) is 10.9 Å². The SMILES string of the molecule is Cc1ccoc1C(=O)NCC(c1ccc(N(C)C)cc1)c1c[nH]c2ccccc12. The third kappa shape index (κ3) is 3.76. The van der Waals surface area contributed by atoms with Crippen LogP contribution in [0.15, 0.2) is 71.5 Å². The van der Waals surface area contributed by atoms with E-state index in [2.05, 4.69) is 51.6 Å². The van der Waals surface area contributed by atoms with E-state index in [0.29, 0.717) is 12.3 Å². The number of anilines is 1. The van der Waals surface area contributed by atoms with Gasteiger partial charge in [0, 0.05) is 54.9 Å². The second kappa shape index (κ2) is 7.87. The van der Waals surface area contributed by atoms with Crippen molar-refractivity contribution in [1.29, 1.82) is 0 Å². The topological polar surface area (TPSA) is 61.3 Å². The van der Waals surface area contributed by atoms with Gasteiger partial charge in [-0.25, -0.2) is 0 Å². The van der Waals surface area contributed by atoms with Gasteiger partial charge in [0.15, 0.2) is 5.76 Å². The summed E-state index contributed by atoms with van der Waals surface area (Å²) in [5.74, 6) is 0.189. The maximum atomic E-state index is 12.6. The maximum absolute atomic E-state index is 12.6. The predicted octanol–water partition coefficient (Wildman–Crippen LogP) is 4.70. The molecule has 1 amide bonds. The fourth-order valence-corrected chi connectivity index (χ4v) is 3.67. The average Bonchev–Trinajstić information content (AvgIpc) is 3.35. The molecule has 5 heteroatoms. The van der Waals surface area contributed by atoms with Gasteiger partial charge in [0.1, 0.15) is 0 Å². The van der Waals surface area contributed by atoms with Crippen LogP contribution in [-0.2, 0) is 0 Å². The second-order valence-electron chi connectivity index (χ2n) is 7.47. The summed E-state index contributed by atoms with van der Waals surface area (Å²) in [6.45, 7) is 2.34. The molecule has 2 aromatic heterocycles. The number of aromatic nitrogens is 1. The number of para-hydroxylation sites is 1. The minimum Gasteiger partial charge on any atom is -0.459 e. The molecule has 0 aliphatic rings. The number of nitrogens with zero attached hydrogens (tertiary/aromatic N) is 1. The summed E-state index contributed by atoms with van der Waals surface area (Å²) in [5.41, 5.74) is 5.38. The Morgan fingerprint density at radius 2 is 1.86 bits per heavy atom. The van der Waals surface area contributed by atoms with Crippen molar-refractivity contribution in [2.24, 2.45) is 0 Å². The van der Waals surface area contributed by atoms with E-state index in [1.165, 1.54) is 0 Å². The molecular formula is C24H25N3O2. The number of carbonyl (C=O) groups excluding carboxylic acids is 1. The summed E-state index contributed by atoms with van der Waals surface area (Å²) in [7, 11) is 4.05. The Kier molecular flexibility index (Phi) is 5.12. The number of aromatic amines is 1. The number of hydrogen-bond donors (Lipinski definition) is 2. The molecule has 1 atom stereocenters. The van der Waals surface area contributed by atoms with Gasteiger partial charge in [-0.2, -0.15) is 0 Å². The zero-order valence-electron chi connectivity index (χ0n) is 16.9. The Morgan fingerprint density at radius 3 is 2.55 bits per heavy atom. The highest BCUT2D eigenvalue weighted by molar-refractivity contribution is 5.93. The number of aryl methyl sites for hydroxylation is 1. The van der Waals surface area contributed by atoms with Crippen LogP contribution in [0.4, 0.5) is 5.69 Å².